The van der Waals surface area contributed by atoms with Gasteiger partial charge in [0.05, 0.1) is 31.5 Å². The van der Waals surface area contributed by atoms with Crippen LogP contribution in [0, 0.1) is 0 Å². The average Bonchev–Trinajstić information content (AvgIpc) is 3.57. The van der Waals surface area contributed by atoms with E-state index in [0.717, 1.165) is 36.5 Å². The van der Waals surface area contributed by atoms with Gasteiger partial charge in [0.15, 0.2) is 11.4 Å². The van der Waals surface area contributed by atoms with Crippen LogP contribution in [0.2, 0.25) is 0 Å². The van der Waals surface area contributed by atoms with E-state index in [4.69, 9.17) is 9.47 Å². The number of imidazole rings is 1. The molecule has 11 nitrogen and oxygen atoms in total. The molecule has 5 heterocycles. The summed E-state index contributed by atoms with van der Waals surface area (Å²) in [5.74, 6) is 1.19. The van der Waals surface area contributed by atoms with Crippen LogP contribution in [0.5, 0.6) is 5.75 Å². The number of fused-ring (bicyclic) bond motifs is 4. The number of likely N-dealkylation sites (tertiary alicyclic amines) is 1. The normalized spacial score (nSPS) is 21.3. The maximum atomic E-state index is 13.1. The molecule has 3 aromatic heterocycles. The molecule has 11 heteroatoms. The van der Waals surface area contributed by atoms with E-state index in [1.807, 2.05) is 12.4 Å². The summed E-state index contributed by atoms with van der Waals surface area (Å²) in [6, 6.07) is 3.30. The molecule has 0 aliphatic carbocycles. The lowest BCUT2D eigenvalue weighted by Gasteiger charge is -2.20. The number of carbonyl (C=O) groups is 1. The Morgan fingerprint density at radius 2 is 2.21 bits per heavy atom. The van der Waals surface area contributed by atoms with E-state index in [2.05, 4.69) is 42.4 Å². The molecule has 180 valence electrons. The molecule has 2 bridgehead atoms. The minimum atomic E-state index is -0.270. The van der Waals surface area contributed by atoms with E-state index in [0.29, 0.717) is 45.1 Å². The van der Waals surface area contributed by atoms with E-state index < -0.39 is 0 Å². The van der Waals surface area contributed by atoms with Gasteiger partial charge in [-0.05, 0) is 18.6 Å². The summed E-state index contributed by atoms with van der Waals surface area (Å²) >= 11 is 0. The molecule has 34 heavy (non-hydrogen) atoms. The van der Waals surface area contributed by atoms with Gasteiger partial charge in [-0.15, -0.1) is 5.10 Å². The van der Waals surface area contributed by atoms with Gasteiger partial charge in [-0.25, -0.2) is 14.6 Å². The summed E-state index contributed by atoms with van der Waals surface area (Å²) in [6.07, 6.45) is 8.37. The molecule has 0 aromatic carbocycles. The SMILES string of the molecule is CCCCc1ncc(CN2C[C@@H]3NC(=O)c4ncccc4OCCn4cc(nn4)CO[C@H]3C2)[nH]1. The Hall–Kier alpha value is -3.31. The van der Waals surface area contributed by atoms with Crippen molar-refractivity contribution in [3.63, 3.8) is 0 Å². The Balaban J connectivity index is 1.33. The molecule has 0 radical (unpaired) electrons. The molecule has 2 N–H and O–H groups in total. The van der Waals surface area contributed by atoms with Gasteiger partial charge in [0, 0.05) is 44.1 Å². The van der Waals surface area contributed by atoms with Gasteiger partial charge in [0.1, 0.15) is 18.1 Å². The zero-order valence-corrected chi connectivity index (χ0v) is 19.3. The number of pyridine rings is 1. The third-order valence-electron chi connectivity index (χ3n) is 6.10. The lowest BCUT2D eigenvalue weighted by Crippen LogP contribution is -2.44. The molecule has 2 aliphatic rings. The monoisotopic (exact) mass is 466 g/mol. The third-order valence-corrected chi connectivity index (χ3v) is 6.10. The quantitative estimate of drug-likeness (QED) is 0.577. The van der Waals surface area contributed by atoms with Gasteiger partial charge < -0.3 is 19.8 Å². The first-order chi connectivity index (χ1) is 16.7. The molecule has 0 spiro atoms. The highest BCUT2D eigenvalue weighted by Gasteiger charge is 2.36. The lowest BCUT2D eigenvalue weighted by atomic mass is 10.2. The molecule has 1 amide bonds. The Morgan fingerprint density at radius 3 is 3.12 bits per heavy atom. The van der Waals surface area contributed by atoms with Gasteiger partial charge in [-0.2, -0.15) is 0 Å². The molecule has 1 fully saturated rings. The number of aromatic amines is 1. The number of H-pyrrole nitrogens is 1. The summed E-state index contributed by atoms with van der Waals surface area (Å²) in [5, 5.41) is 11.5. The number of aryl methyl sites for hydroxylation is 1. The fourth-order valence-corrected chi connectivity index (χ4v) is 4.36. The van der Waals surface area contributed by atoms with Crippen molar-refractivity contribution < 1.29 is 14.3 Å². The number of aromatic nitrogens is 6. The second-order valence-corrected chi connectivity index (χ2v) is 8.75. The minimum Gasteiger partial charge on any atom is -0.489 e. The zero-order valence-electron chi connectivity index (χ0n) is 19.3. The van der Waals surface area contributed by atoms with E-state index >= 15 is 0 Å². The highest BCUT2D eigenvalue weighted by molar-refractivity contribution is 5.95. The van der Waals surface area contributed by atoms with Gasteiger partial charge in [0.25, 0.3) is 5.91 Å². The van der Waals surface area contributed by atoms with E-state index in [1.165, 1.54) is 0 Å². The van der Waals surface area contributed by atoms with Crippen molar-refractivity contribution in [1.29, 1.82) is 0 Å². The maximum Gasteiger partial charge on any atom is 0.274 e. The van der Waals surface area contributed by atoms with Crippen LogP contribution in [-0.4, -0.2) is 72.6 Å². The van der Waals surface area contributed by atoms with E-state index in [-0.39, 0.29) is 23.7 Å². The summed E-state index contributed by atoms with van der Waals surface area (Å²) < 4.78 is 13.8. The van der Waals surface area contributed by atoms with E-state index in [1.54, 1.807) is 23.0 Å². The maximum absolute atomic E-state index is 13.1. The molecule has 3 aromatic rings. The lowest BCUT2D eigenvalue weighted by molar-refractivity contribution is 0.0292. The van der Waals surface area contributed by atoms with Crippen LogP contribution in [0.25, 0.3) is 0 Å². The Bertz CT molecular complexity index is 1110. The van der Waals surface area contributed by atoms with Crippen molar-refractivity contribution in [2.75, 3.05) is 19.7 Å². The number of hydrogen-bond acceptors (Lipinski definition) is 8. The first kappa shape index (κ1) is 22.5. The van der Waals surface area contributed by atoms with Crippen LogP contribution in [-0.2, 0) is 30.9 Å². The molecule has 2 aliphatic heterocycles. The Labute approximate surface area is 197 Å². The van der Waals surface area contributed by atoms with Crippen LogP contribution < -0.4 is 10.1 Å². The molecule has 0 unspecified atom stereocenters. The number of nitrogens with one attached hydrogen (secondary N) is 2. The van der Waals surface area contributed by atoms with Crippen molar-refractivity contribution >= 4 is 5.91 Å². The van der Waals surface area contributed by atoms with Crippen molar-refractivity contribution in [1.82, 2.24) is 40.2 Å². The number of amides is 1. The Morgan fingerprint density at radius 1 is 1.26 bits per heavy atom. The number of unbranched alkanes of at least 4 members (excludes halogenated alkanes) is 1. The molecule has 1 saturated heterocycles. The van der Waals surface area contributed by atoms with Crippen molar-refractivity contribution in [3.05, 3.63) is 53.6 Å². The van der Waals surface area contributed by atoms with Crippen LogP contribution >= 0.6 is 0 Å². The highest BCUT2D eigenvalue weighted by atomic mass is 16.5. The smallest absolute Gasteiger partial charge is 0.274 e. The number of nitrogens with zero attached hydrogens (tertiary/aromatic N) is 6. The second-order valence-electron chi connectivity index (χ2n) is 8.75. The number of ether oxygens (including phenoxy) is 2. The summed E-state index contributed by atoms with van der Waals surface area (Å²) in [7, 11) is 0. The third kappa shape index (κ3) is 5.26. The first-order valence-electron chi connectivity index (χ1n) is 11.8. The highest BCUT2D eigenvalue weighted by Crippen LogP contribution is 2.21. The van der Waals surface area contributed by atoms with Crippen LogP contribution in [0.15, 0.2) is 30.7 Å². The first-order valence-corrected chi connectivity index (χ1v) is 11.8. The van der Waals surface area contributed by atoms with E-state index in [9.17, 15) is 4.79 Å². The minimum absolute atomic E-state index is 0.201. The number of rotatable bonds is 5. The fraction of sp³-hybridized carbons (Fsp3) is 0.522. The fourth-order valence-electron chi connectivity index (χ4n) is 4.36. The van der Waals surface area contributed by atoms with Crippen LogP contribution in [0.3, 0.4) is 0 Å². The molecule has 2 atom stereocenters. The number of carbonyl (C=O) groups excluding carboxylic acids is 1. The van der Waals surface area contributed by atoms with Crippen molar-refractivity contribution in [2.45, 2.75) is 58.0 Å². The van der Waals surface area contributed by atoms with Gasteiger partial charge in [-0.3, -0.25) is 9.69 Å². The summed E-state index contributed by atoms with van der Waals surface area (Å²) in [4.78, 5) is 27.6. The molecule has 0 saturated carbocycles. The van der Waals surface area contributed by atoms with Crippen molar-refractivity contribution in [3.8, 4) is 5.75 Å². The van der Waals surface area contributed by atoms with Crippen LogP contribution in [0.1, 0.15) is 47.5 Å². The van der Waals surface area contributed by atoms with Gasteiger partial charge in [0.2, 0.25) is 0 Å². The summed E-state index contributed by atoms with van der Waals surface area (Å²) in [5.41, 5.74) is 2.08. The largest absolute Gasteiger partial charge is 0.489 e. The topological polar surface area (TPSA) is 123 Å². The van der Waals surface area contributed by atoms with Crippen molar-refractivity contribution in [2.24, 2.45) is 0 Å². The number of hydrogen-bond donors (Lipinski definition) is 2. The second kappa shape index (κ2) is 10.3. The van der Waals surface area contributed by atoms with Gasteiger partial charge in [-0.1, -0.05) is 18.6 Å². The molecule has 5 rings (SSSR count). The average molecular weight is 467 g/mol. The summed E-state index contributed by atoms with van der Waals surface area (Å²) in [6.45, 7) is 5.38. The standard InChI is InChI=1S/C23H30N8O3/c1-2-3-6-21-25-10-16(26-21)11-30-13-18-20(14-30)34-15-17-12-31(29-28-17)8-9-33-19-5-4-7-24-22(19)23(32)27-18/h4-5,7,10,12,18,20H,2-3,6,8-9,11,13-15H2,1H3,(H,25,26)(H,27,32)/t18-,20-/m0/s1. The molecular weight excluding hydrogens is 436 g/mol. The van der Waals surface area contributed by atoms with Crippen LogP contribution in [0.4, 0.5) is 0 Å². The molecular formula is C23H30N8O3. The predicted octanol–water partition coefficient (Wildman–Crippen LogP) is 1.33. The predicted molar refractivity (Wildman–Crippen MR) is 122 cm³/mol. The Kier molecular flexibility index (Phi) is 6.82. The zero-order chi connectivity index (χ0) is 23.3. The van der Waals surface area contributed by atoms with Gasteiger partial charge >= 0.3 is 0 Å².